The summed E-state index contributed by atoms with van der Waals surface area (Å²) >= 11 is 0. The van der Waals surface area contributed by atoms with Gasteiger partial charge in [-0.15, -0.1) is 6.07 Å². The van der Waals surface area contributed by atoms with Crippen molar-refractivity contribution < 1.29 is 54.2 Å². The molecule has 2 atom stereocenters. The van der Waals surface area contributed by atoms with Crippen LogP contribution < -0.4 is 10.2 Å². The van der Waals surface area contributed by atoms with E-state index in [1.165, 1.54) is 0 Å². The molecule has 1 aromatic rings. The quantitative estimate of drug-likeness (QED) is 0.381. The minimum Gasteiger partial charge on any atom is -0.550 e. The summed E-state index contributed by atoms with van der Waals surface area (Å²) in [5, 5.41) is 17.8. The molecule has 0 amide bonds. The third-order valence-electron chi connectivity index (χ3n) is 4.17. The molecule has 1 aromatic carbocycles. The first-order valence-electron chi connectivity index (χ1n) is 9.79. The number of benzene rings is 1. The number of nitrogens with zero attached hydrogens (tertiary/aromatic N) is 2. The predicted molar refractivity (Wildman–Crippen MR) is 112 cm³/mol. The van der Waals surface area contributed by atoms with Gasteiger partial charge >= 0.3 is 19.5 Å². The van der Waals surface area contributed by atoms with Gasteiger partial charge in [-0.25, -0.2) is 0 Å². The van der Waals surface area contributed by atoms with Crippen LogP contribution in [0.2, 0.25) is 0 Å². The zero-order valence-electron chi connectivity index (χ0n) is 19.1. The Morgan fingerprint density at radius 2 is 1.22 bits per heavy atom. The molecule has 0 spiro atoms. The van der Waals surface area contributed by atoms with Gasteiger partial charge in [-0.3, -0.25) is 9.98 Å². The second-order valence-electron chi connectivity index (χ2n) is 7.61. The van der Waals surface area contributed by atoms with Gasteiger partial charge in [0.15, 0.2) is 11.8 Å². The van der Waals surface area contributed by atoms with Crippen LogP contribution >= 0.6 is 0 Å². The van der Waals surface area contributed by atoms with Crippen LogP contribution in [0.4, 0.5) is 0 Å². The molecule has 32 heavy (non-hydrogen) atoms. The average molecular weight is 538 g/mol. The third kappa shape index (κ3) is 11.3. The monoisotopic (exact) mass is 538 g/mol. The van der Waals surface area contributed by atoms with E-state index in [2.05, 4.69) is 43.7 Å². The molecule has 2 N–H and O–H groups in total. The largest absolute Gasteiger partial charge is 3.00 e. The van der Waals surface area contributed by atoms with Crippen molar-refractivity contribution in [3.8, 4) is 0 Å². The number of ether oxygens (including phenoxy) is 2. The van der Waals surface area contributed by atoms with Crippen LogP contribution in [0.25, 0.3) is 0 Å². The number of rotatable bonds is 4. The molecule has 10 heteroatoms. The Morgan fingerprint density at radius 3 is 1.47 bits per heavy atom. The maximum atomic E-state index is 8.89. The van der Waals surface area contributed by atoms with E-state index >= 15 is 0 Å². The second-order valence-corrected chi connectivity index (χ2v) is 7.61. The summed E-state index contributed by atoms with van der Waals surface area (Å²) in [6.45, 7) is 11.9. The van der Waals surface area contributed by atoms with Gasteiger partial charge in [-0.1, -0.05) is 38.8 Å². The second kappa shape index (κ2) is 15.5. The molecular weight excluding hydrogens is 507 g/mol. The molecule has 0 fully saturated rings. The van der Waals surface area contributed by atoms with Crippen LogP contribution in [0, 0.1) is 17.9 Å². The topological polar surface area (TPSA) is 155 Å². The third-order valence-corrected chi connectivity index (χ3v) is 4.17. The van der Waals surface area contributed by atoms with Crippen molar-refractivity contribution in [2.45, 2.75) is 53.6 Å². The Balaban J connectivity index is 0. The van der Waals surface area contributed by atoms with Gasteiger partial charge in [0.2, 0.25) is 0 Å². The summed E-state index contributed by atoms with van der Waals surface area (Å²) in [4.78, 5) is 27.1. The number of aliphatic imine (C=N–C) groups is 2. The summed E-state index contributed by atoms with van der Waals surface area (Å²) in [5.74, 6) is 0.213. The molecule has 180 valence electrons. The molecule has 0 unspecified atom stereocenters. The SMILES string of the molecule is CC(=O)[O-].CC(=O)[O-].CC(C)[C@H]1COC(c2c[c-]cc(C3=N[C@@H](C(C)C)CO3)c2)=N1.O.[Rh+3]. The van der Waals surface area contributed by atoms with E-state index < -0.39 is 11.9 Å². The summed E-state index contributed by atoms with van der Waals surface area (Å²) in [5.41, 5.74) is 1.89. The van der Waals surface area contributed by atoms with Crippen molar-refractivity contribution in [3.63, 3.8) is 0 Å². The van der Waals surface area contributed by atoms with E-state index in [0.717, 1.165) is 25.0 Å². The summed E-state index contributed by atoms with van der Waals surface area (Å²) in [7, 11) is 0. The molecule has 2 aliphatic rings. The van der Waals surface area contributed by atoms with Crippen LogP contribution in [0.1, 0.15) is 52.7 Å². The van der Waals surface area contributed by atoms with Gasteiger partial charge < -0.3 is 34.8 Å². The number of carboxylic acid groups (broad SMARTS) is 2. The maximum Gasteiger partial charge on any atom is 3.00 e. The van der Waals surface area contributed by atoms with Crippen molar-refractivity contribution in [1.29, 1.82) is 0 Å². The summed E-state index contributed by atoms with van der Waals surface area (Å²) < 4.78 is 11.5. The molecule has 3 rings (SSSR count). The Hall–Kier alpha value is -2.32. The normalized spacial score (nSPS) is 18.2. The number of aliphatic carboxylic acids is 2. The van der Waals surface area contributed by atoms with Gasteiger partial charge in [0.1, 0.15) is 13.2 Å². The Morgan fingerprint density at radius 1 is 0.906 bits per heavy atom. The predicted octanol–water partition coefficient (Wildman–Crippen LogP) is -0.225. The Bertz CT molecular complexity index is 725. The fourth-order valence-corrected chi connectivity index (χ4v) is 2.50. The zero-order chi connectivity index (χ0) is 22.8. The molecule has 0 bridgehead atoms. The van der Waals surface area contributed by atoms with E-state index in [1.807, 2.05) is 18.2 Å². The van der Waals surface area contributed by atoms with E-state index in [0.29, 0.717) is 36.8 Å². The summed E-state index contributed by atoms with van der Waals surface area (Å²) in [6, 6.07) is 9.46. The molecule has 0 aliphatic carbocycles. The molecule has 0 saturated heterocycles. The van der Waals surface area contributed by atoms with Crippen LogP contribution in [0.15, 0.2) is 28.2 Å². The molecule has 0 radical (unpaired) electrons. The van der Waals surface area contributed by atoms with Crippen LogP contribution in [0.5, 0.6) is 0 Å². The van der Waals surface area contributed by atoms with Gasteiger partial charge in [0.25, 0.3) is 0 Å². The number of hydrogen-bond donors (Lipinski definition) is 0. The average Bonchev–Trinajstić information content (AvgIpc) is 3.31. The van der Waals surface area contributed by atoms with Gasteiger partial charge in [0.05, 0.1) is 12.1 Å². The number of carbonyl (C=O) groups excluding carboxylic acids is 2. The number of carbonyl (C=O) groups is 2. The molecule has 2 heterocycles. The standard InChI is InChI=1S/C18H23N2O2.2C2H4O2.H2O.Rh/c1-11(2)15-9-21-17(19-15)13-6-5-7-14(8-13)18-20-16(10-22-18)12(3)4;2*1-2(3)4;;/h6-8,11-12,15-16H,9-10H2,1-4H3;2*1H3,(H,3,4);1H2;/q-1;;;;+3/p-2/t15-,16-;;;;/m1..../s1. The molecular formula is C22H31N2O7Rh. The molecule has 0 saturated carbocycles. The van der Waals surface area contributed by atoms with Crippen molar-refractivity contribution in [3.05, 3.63) is 35.4 Å². The van der Waals surface area contributed by atoms with Gasteiger partial charge in [-0.05, 0) is 25.7 Å². The van der Waals surface area contributed by atoms with Crippen molar-refractivity contribution in [2.75, 3.05) is 13.2 Å². The van der Waals surface area contributed by atoms with Gasteiger partial charge in [-0.2, -0.15) is 18.2 Å². The van der Waals surface area contributed by atoms with Crippen molar-refractivity contribution in [2.24, 2.45) is 21.8 Å². The minimum absolute atomic E-state index is 0. The Labute approximate surface area is 202 Å². The molecule has 2 aliphatic heterocycles. The number of carboxylic acids is 2. The first-order valence-corrected chi connectivity index (χ1v) is 9.79. The smallest absolute Gasteiger partial charge is 0.550 e. The van der Waals surface area contributed by atoms with E-state index in [1.54, 1.807) is 0 Å². The van der Waals surface area contributed by atoms with Crippen molar-refractivity contribution >= 4 is 23.7 Å². The molecule has 0 aromatic heterocycles. The fraction of sp³-hybridized carbons (Fsp3) is 0.545. The first-order chi connectivity index (χ1) is 14.0. The molecule has 9 nitrogen and oxygen atoms in total. The van der Waals surface area contributed by atoms with Crippen LogP contribution in [-0.2, 0) is 38.5 Å². The first kappa shape index (κ1) is 31.9. The van der Waals surface area contributed by atoms with Crippen molar-refractivity contribution in [1.82, 2.24) is 0 Å². The van der Waals surface area contributed by atoms with E-state index in [-0.39, 0.29) is 37.0 Å². The van der Waals surface area contributed by atoms with Crippen LogP contribution in [0.3, 0.4) is 0 Å². The van der Waals surface area contributed by atoms with Crippen LogP contribution in [-0.4, -0.2) is 54.5 Å². The fourth-order valence-electron chi connectivity index (χ4n) is 2.50. The Kier molecular flexibility index (Phi) is 15.4. The minimum atomic E-state index is -1.08. The van der Waals surface area contributed by atoms with E-state index in [9.17, 15) is 0 Å². The maximum absolute atomic E-state index is 8.89. The summed E-state index contributed by atoms with van der Waals surface area (Å²) in [6.07, 6.45) is 0. The zero-order valence-corrected chi connectivity index (χ0v) is 20.8. The van der Waals surface area contributed by atoms with Gasteiger partial charge in [0, 0.05) is 11.9 Å². The number of hydrogen-bond acceptors (Lipinski definition) is 8. The van der Waals surface area contributed by atoms with E-state index in [4.69, 9.17) is 29.3 Å².